The van der Waals surface area contributed by atoms with Crippen LogP contribution in [0.5, 0.6) is 28.7 Å². The highest BCUT2D eigenvalue weighted by molar-refractivity contribution is 6.14. The van der Waals surface area contributed by atoms with Crippen LogP contribution in [0.3, 0.4) is 0 Å². The largest absolute Gasteiger partial charge is 0.495 e. The molecule has 7 nitrogen and oxygen atoms in total. The van der Waals surface area contributed by atoms with Crippen LogP contribution in [-0.2, 0) is 0 Å². The van der Waals surface area contributed by atoms with Crippen molar-refractivity contribution in [3.05, 3.63) is 41.0 Å². The summed E-state index contributed by atoms with van der Waals surface area (Å²) in [6.07, 6.45) is 1.82. The fourth-order valence-electron chi connectivity index (χ4n) is 3.15. The molecule has 0 aliphatic rings. The zero-order chi connectivity index (χ0) is 22.4. The first-order valence-electron chi connectivity index (χ1n) is 9.39. The molecule has 162 valence electrons. The van der Waals surface area contributed by atoms with Gasteiger partial charge < -0.3 is 29.4 Å². The molecule has 2 N–H and O–H groups in total. The summed E-state index contributed by atoms with van der Waals surface area (Å²) >= 11 is 0. The summed E-state index contributed by atoms with van der Waals surface area (Å²) in [5, 5.41) is 0. The van der Waals surface area contributed by atoms with Crippen LogP contribution in [0.1, 0.15) is 29.8 Å². The average molecular weight is 415 g/mol. The van der Waals surface area contributed by atoms with Gasteiger partial charge in [-0.15, -0.1) is 0 Å². The fourth-order valence-corrected chi connectivity index (χ4v) is 3.15. The minimum absolute atomic E-state index is 0.0650. The van der Waals surface area contributed by atoms with Gasteiger partial charge in [0.25, 0.3) is 0 Å². The molecule has 0 bridgehead atoms. The topological polar surface area (TPSA) is 89.2 Å². The molecule has 0 aliphatic carbocycles. The predicted molar refractivity (Wildman–Crippen MR) is 117 cm³/mol. The number of carbonyl (C=O) groups is 1. The van der Waals surface area contributed by atoms with Crippen LogP contribution in [-0.4, -0.2) is 41.3 Å². The molecule has 0 aromatic heterocycles. The Hall–Kier alpha value is -3.35. The van der Waals surface area contributed by atoms with Crippen molar-refractivity contribution in [3.63, 3.8) is 0 Å². The number of anilines is 1. The molecule has 0 saturated carbocycles. The van der Waals surface area contributed by atoms with Crippen molar-refractivity contribution in [3.8, 4) is 28.7 Å². The fraction of sp³-hybridized carbons (Fsp3) is 0.348. The van der Waals surface area contributed by atoms with E-state index in [1.165, 1.54) is 28.4 Å². The van der Waals surface area contributed by atoms with E-state index >= 15 is 0 Å². The van der Waals surface area contributed by atoms with Crippen molar-refractivity contribution in [2.24, 2.45) is 5.92 Å². The van der Waals surface area contributed by atoms with Crippen molar-refractivity contribution >= 4 is 17.5 Å². The van der Waals surface area contributed by atoms with Crippen molar-refractivity contribution in [2.75, 3.05) is 41.3 Å². The number of hydrogen-bond donors (Lipinski definition) is 1. The highest BCUT2D eigenvalue weighted by Crippen LogP contribution is 2.47. The van der Waals surface area contributed by atoms with E-state index in [4.69, 9.17) is 29.4 Å². The van der Waals surface area contributed by atoms with Crippen molar-refractivity contribution in [1.29, 1.82) is 0 Å². The zero-order valence-electron chi connectivity index (χ0n) is 18.5. The summed E-state index contributed by atoms with van der Waals surface area (Å²) in [4.78, 5) is 13.6. The van der Waals surface area contributed by atoms with E-state index in [0.29, 0.717) is 39.8 Å². The first-order chi connectivity index (χ1) is 14.3. The molecule has 0 unspecified atom stereocenters. The van der Waals surface area contributed by atoms with Gasteiger partial charge in [-0.05, 0) is 35.8 Å². The maximum Gasteiger partial charge on any atom is 0.208 e. The number of benzene rings is 2. The Morgan fingerprint density at radius 1 is 0.833 bits per heavy atom. The van der Waals surface area contributed by atoms with Gasteiger partial charge in [-0.25, -0.2) is 0 Å². The van der Waals surface area contributed by atoms with Crippen molar-refractivity contribution < 1.29 is 28.5 Å². The van der Waals surface area contributed by atoms with Gasteiger partial charge in [0.1, 0.15) is 5.75 Å². The first-order valence-corrected chi connectivity index (χ1v) is 9.39. The lowest BCUT2D eigenvalue weighted by atomic mass is 9.91. The van der Waals surface area contributed by atoms with Crippen LogP contribution in [0.4, 0.5) is 5.69 Å². The van der Waals surface area contributed by atoms with E-state index in [1.54, 1.807) is 25.3 Å². The summed E-state index contributed by atoms with van der Waals surface area (Å²) in [5.41, 5.74) is 8.12. The number of carbonyl (C=O) groups excluding carboxylic acids is 1. The molecule has 0 saturated heterocycles. The predicted octanol–water partition coefficient (Wildman–Crippen LogP) is 4.23. The number of methoxy groups -OCH3 is 5. The maximum atomic E-state index is 13.6. The van der Waals surface area contributed by atoms with Gasteiger partial charge in [0.2, 0.25) is 11.5 Å². The monoisotopic (exact) mass is 415 g/mol. The van der Waals surface area contributed by atoms with Gasteiger partial charge in [0.05, 0.1) is 46.8 Å². The van der Waals surface area contributed by atoms with Crippen molar-refractivity contribution in [2.45, 2.75) is 13.8 Å². The minimum atomic E-state index is -0.211. The standard InChI is InChI=1S/C23H29NO6/c1-13(2)15(10-14-8-9-17(24)18(11-14)26-3)20(25)16-12-19(27-4)22(29-6)23(30-7)21(16)28-5/h8-13H,24H2,1-7H3. The second-order valence-corrected chi connectivity index (χ2v) is 6.81. The third-order valence-corrected chi connectivity index (χ3v) is 4.70. The number of nitrogens with two attached hydrogens (primary N) is 1. The van der Waals surface area contributed by atoms with Crippen molar-refractivity contribution in [1.82, 2.24) is 0 Å². The summed E-state index contributed by atoms with van der Waals surface area (Å²) in [6, 6.07) is 6.97. The molecule has 0 heterocycles. The van der Waals surface area contributed by atoms with E-state index < -0.39 is 0 Å². The van der Waals surface area contributed by atoms with E-state index in [9.17, 15) is 4.79 Å². The van der Waals surface area contributed by atoms with Crippen LogP contribution < -0.4 is 29.4 Å². The Morgan fingerprint density at radius 2 is 1.43 bits per heavy atom. The quantitative estimate of drug-likeness (QED) is 0.372. The zero-order valence-corrected chi connectivity index (χ0v) is 18.5. The van der Waals surface area contributed by atoms with Crippen LogP contribution in [0.15, 0.2) is 29.8 Å². The van der Waals surface area contributed by atoms with Gasteiger partial charge in [0, 0.05) is 5.57 Å². The van der Waals surface area contributed by atoms with Crippen LogP contribution in [0.25, 0.3) is 6.08 Å². The Labute approximate surface area is 177 Å². The number of hydrogen-bond acceptors (Lipinski definition) is 7. The molecular formula is C23H29NO6. The molecule has 0 fully saturated rings. The number of Topliss-reactive ketones (excluding diaryl/α,β-unsaturated/α-hetero) is 1. The van der Waals surface area contributed by atoms with E-state index in [-0.39, 0.29) is 17.5 Å². The van der Waals surface area contributed by atoms with Gasteiger partial charge >= 0.3 is 0 Å². The maximum absolute atomic E-state index is 13.6. The van der Waals surface area contributed by atoms with E-state index in [0.717, 1.165) is 5.56 Å². The Kier molecular flexibility index (Phi) is 7.58. The SMILES string of the molecule is COc1cc(C=C(C(=O)c2cc(OC)c(OC)c(OC)c2OC)C(C)C)ccc1N. The molecule has 2 aromatic rings. The van der Waals surface area contributed by atoms with E-state index in [2.05, 4.69) is 0 Å². The Bertz CT molecular complexity index is 949. The number of rotatable bonds is 9. The number of nitrogen functional groups attached to an aromatic ring is 1. The second-order valence-electron chi connectivity index (χ2n) is 6.81. The smallest absolute Gasteiger partial charge is 0.208 e. The molecular weight excluding hydrogens is 386 g/mol. The lowest BCUT2D eigenvalue weighted by Crippen LogP contribution is -2.12. The highest BCUT2D eigenvalue weighted by Gasteiger charge is 2.27. The van der Waals surface area contributed by atoms with Crippen LogP contribution in [0.2, 0.25) is 0 Å². The second kappa shape index (κ2) is 9.91. The van der Waals surface area contributed by atoms with Gasteiger partial charge in [-0.1, -0.05) is 19.9 Å². The Morgan fingerprint density at radius 3 is 1.93 bits per heavy atom. The number of ether oxygens (including phenoxy) is 5. The summed E-state index contributed by atoms with van der Waals surface area (Å²) in [7, 11) is 7.50. The lowest BCUT2D eigenvalue weighted by molar-refractivity contribution is 0.102. The molecule has 0 atom stereocenters. The first kappa shape index (κ1) is 22.9. The molecule has 0 spiro atoms. The highest BCUT2D eigenvalue weighted by atomic mass is 16.5. The molecule has 0 aliphatic heterocycles. The number of allylic oxidation sites excluding steroid dienone is 1. The molecule has 2 rings (SSSR count). The van der Waals surface area contributed by atoms with Crippen LogP contribution in [0, 0.1) is 5.92 Å². The molecule has 2 aromatic carbocycles. The summed E-state index contributed by atoms with van der Waals surface area (Å²) in [5.74, 6) is 1.57. The number of ketones is 1. The third kappa shape index (κ3) is 4.45. The third-order valence-electron chi connectivity index (χ3n) is 4.70. The summed E-state index contributed by atoms with van der Waals surface area (Å²) < 4.78 is 27.1. The minimum Gasteiger partial charge on any atom is -0.495 e. The van der Waals surface area contributed by atoms with E-state index in [1.807, 2.05) is 26.0 Å². The molecule has 30 heavy (non-hydrogen) atoms. The van der Waals surface area contributed by atoms with Gasteiger partial charge in [-0.3, -0.25) is 4.79 Å². The normalized spacial score (nSPS) is 11.3. The van der Waals surface area contributed by atoms with Gasteiger partial charge in [-0.2, -0.15) is 0 Å². The van der Waals surface area contributed by atoms with Gasteiger partial charge in [0.15, 0.2) is 17.3 Å². The Balaban J connectivity index is 2.68. The summed E-state index contributed by atoms with van der Waals surface area (Å²) in [6.45, 7) is 3.89. The molecule has 0 amide bonds. The molecule has 7 heteroatoms. The average Bonchev–Trinajstić information content (AvgIpc) is 2.75. The lowest BCUT2D eigenvalue weighted by Gasteiger charge is -2.19. The van der Waals surface area contributed by atoms with Crippen LogP contribution >= 0.6 is 0 Å². The molecule has 0 radical (unpaired) electrons.